The number of aliphatic carboxylic acids is 1. The Hall–Kier alpha value is -1.85. The van der Waals surface area contributed by atoms with E-state index >= 15 is 0 Å². The largest absolute Gasteiger partial charge is 0.481 e. The molecule has 0 aliphatic heterocycles. The Bertz CT molecular complexity index is 420. The monoisotopic (exact) mass is 254 g/mol. The highest BCUT2D eigenvalue weighted by molar-refractivity contribution is 5.77. The average Bonchev–Trinajstić information content (AvgIpc) is 2.57. The Morgan fingerprint density at radius 2 is 2.06 bits per heavy atom. The van der Waals surface area contributed by atoms with E-state index in [1.807, 2.05) is 13.8 Å². The molecule has 1 amide bonds. The molecule has 0 fully saturated rings. The van der Waals surface area contributed by atoms with Crippen molar-refractivity contribution in [1.82, 2.24) is 10.5 Å². The van der Waals surface area contributed by atoms with Crippen LogP contribution >= 0.6 is 0 Å². The van der Waals surface area contributed by atoms with Crippen LogP contribution in [0.3, 0.4) is 0 Å². The summed E-state index contributed by atoms with van der Waals surface area (Å²) in [5.74, 6) is -0.365. The molecule has 0 spiro atoms. The lowest BCUT2D eigenvalue weighted by atomic mass is 10.1. The second kappa shape index (κ2) is 6.18. The van der Waals surface area contributed by atoms with Gasteiger partial charge in [0, 0.05) is 18.4 Å². The number of aromatic nitrogens is 1. The van der Waals surface area contributed by atoms with Gasteiger partial charge in [0.05, 0.1) is 11.7 Å². The topological polar surface area (TPSA) is 92.4 Å². The number of aryl methyl sites for hydroxylation is 2. The van der Waals surface area contributed by atoms with Crippen molar-refractivity contribution in [3.8, 4) is 0 Å². The molecule has 1 unspecified atom stereocenters. The molecule has 1 rings (SSSR count). The highest BCUT2D eigenvalue weighted by Crippen LogP contribution is 2.20. The number of carboxylic acids is 1. The SMILES string of the molecule is Cc1noc(C)c1C(C)NC(=O)CCCC(=O)O. The summed E-state index contributed by atoms with van der Waals surface area (Å²) in [6.07, 6.45) is 0.558. The van der Waals surface area contributed by atoms with E-state index in [-0.39, 0.29) is 24.8 Å². The molecular weight excluding hydrogens is 236 g/mol. The summed E-state index contributed by atoms with van der Waals surface area (Å²) < 4.78 is 5.03. The van der Waals surface area contributed by atoms with Crippen LogP contribution < -0.4 is 5.32 Å². The third-order valence-corrected chi connectivity index (χ3v) is 2.69. The summed E-state index contributed by atoms with van der Waals surface area (Å²) in [5, 5.41) is 15.1. The molecule has 1 atom stereocenters. The molecule has 0 saturated heterocycles. The van der Waals surface area contributed by atoms with Crippen LogP contribution in [0, 0.1) is 13.8 Å². The van der Waals surface area contributed by atoms with Crippen molar-refractivity contribution in [2.75, 3.05) is 0 Å². The van der Waals surface area contributed by atoms with Crippen LogP contribution in [-0.4, -0.2) is 22.1 Å². The van der Waals surface area contributed by atoms with Gasteiger partial charge in [-0.2, -0.15) is 0 Å². The first-order valence-corrected chi connectivity index (χ1v) is 5.85. The van der Waals surface area contributed by atoms with Gasteiger partial charge in [0.25, 0.3) is 0 Å². The van der Waals surface area contributed by atoms with E-state index in [4.69, 9.17) is 9.63 Å². The van der Waals surface area contributed by atoms with E-state index in [2.05, 4.69) is 10.5 Å². The van der Waals surface area contributed by atoms with Gasteiger partial charge in [-0.3, -0.25) is 9.59 Å². The Labute approximate surface area is 105 Å². The smallest absolute Gasteiger partial charge is 0.303 e. The van der Waals surface area contributed by atoms with Crippen molar-refractivity contribution in [2.45, 2.75) is 46.1 Å². The van der Waals surface area contributed by atoms with E-state index in [0.717, 1.165) is 11.3 Å². The van der Waals surface area contributed by atoms with Crippen LogP contribution in [0.4, 0.5) is 0 Å². The summed E-state index contributed by atoms with van der Waals surface area (Å²) in [6, 6.07) is -0.187. The van der Waals surface area contributed by atoms with Crippen LogP contribution in [0.25, 0.3) is 0 Å². The van der Waals surface area contributed by atoms with Gasteiger partial charge in [-0.05, 0) is 27.2 Å². The lowest BCUT2D eigenvalue weighted by Gasteiger charge is -2.13. The van der Waals surface area contributed by atoms with E-state index in [9.17, 15) is 9.59 Å². The fourth-order valence-electron chi connectivity index (χ4n) is 1.89. The Kier molecular flexibility index (Phi) is 4.88. The predicted octanol–water partition coefficient (Wildman–Crippen LogP) is 1.72. The molecule has 1 aromatic rings. The Morgan fingerprint density at radius 3 is 2.56 bits per heavy atom. The van der Waals surface area contributed by atoms with Gasteiger partial charge in [-0.25, -0.2) is 0 Å². The lowest BCUT2D eigenvalue weighted by Crippen LogP contribution is -2.27. The number of carbonyl (C=O) groups is 2. The third-order valence-electron chi connectivity index (χ3n) is 2.69. The Morgan fingerprint density at radius 1 is 1.39 bits per heavy atom. The zero-order chi connectivity index (χ0) is 13.7. The van der Waals surface area contributed by atoms with E-state index < -0.39 is 5.97 Å². The zero-order valence-corrected chi connectivity index (χ0v) is 10.8. The van der Waals surface area contributed by atoms with Gasteiger partial charge in [0.1, 0.15) is 5.76 Å². The molecule has 6 nitrogen and oxygen atoms in total. The maximum absolute atomic E-state index is 11.6. The first kappa shape index (κ1) is 14.2. The number of rotatable bonds is 6. The van der Waals surface area contributed by atoms with Crippen molar-refractivity contribution in [2.24, 2.45) is 0 Å². The minimum atomic E-state index is -0.887. The van der Waals surface area contributed by atoms with E-state index in [1.54, 1.807) is 6.92 Å². The van der Waals surface area contributed by atoms with E-state index in [0.29, 0.717) is 12.2 Å². The van der Waals surface area contributed by atoms with Crippen molar-refractivity contribution in [1.29, 1.82) is 0 Å². The number of amides is 1. The quantitative estimate of drug-likeness (QED) is 0.806. The molecule has 18 heavy (non-hydrogen) atoms. The normalized spacial score (nSPS) is 12.2. The first-order chi connectivity index (χ1) is 8.41. The number of carbonyl (C=O) groups excluding carboxylic acids is 1. The number of carboxylic acid groups (broad SMARTS) is 1. The minimum Gasteiger partial charge on any atom is -0.481 e. The van der Waals surface area contributed by atoms with Gasteiger partial charge >= 0.3 is 5.97 Å². The van der Waals surface area contributed by atoms with Crippen molar-refractivity contribution in [3.05, 3.63) is 17.0 Å². The van der Waals surface area contributed by atoms with Gasteiger partial charge in [-0.15, -0.1) is 0 Å². The molecule has 0 aromatic carbocycles. The molecule has 6 heteroatoms. The molecule has 0 aliphatic rings. The summed E-state index contributed by atoms with van der Waals surface area (Å²) in [4.78, 5) is 21.9. The fraction of sp³-hybridized carbons (Fsp3) is 0.583. The third kappa shape index (κ3) is 3.87. The summed E-state index contributed by atoms with van der Waals surface area (Å²) in [5.41, 5.74) is 1.63. The number of nitrogens with zero attached hydrogens (tertiary/aromatic N) is 1. The van der Waals surface area contributed by atoms with Crippen molar-refractivity contribution >= 4 is 11.9 Å². The summed E-state index contributed by atoms with van der Waals surface area (Å²) >= 11 is 0. The molecule has 0 aliphatic carbocycles. The van der Waals surface area contributed by atoms with Crippen molar-refractivity contribution < 1.29 is 19.2 Å². The lowest BCUT2D eigenvalue weighted by molar-refractivity contribution is -0.137. The highest BCUT2D eigenvalue weighted by Gasteiger charge is 2.18. The number of hydrogen-bond acceptors (Lipinski definition) is 4. The van der Waals surface area contributed by atoms with E-state index in [1.165, 1.54) is 0 Å². The number of hydrogen-bond donors (Lipinski definition) is 2. The highest BCUT2D eigenvalue weighted by atomic mass is 16.5. The molecule has 0 bridgehead atoms. The maximum Gasteiger partial charge on any atom is 0.303 e. The Balaban J connectivity index is 2.47. The second-order valence-corrected chi connectivity index (χ2v) is 4.27. The molecule has 1 aromatic heterocycles. The standard InChI is InChI=1S/C12H18N2O4/c1-7(12-8(2)14-18-9(12)3)13-10(15)5-4-6-11(16)17/h7H,4-6H2,1-3H3,(H,13,15)(H,16,17). The fourth-order valence-corrected chi connectivity index (χ4v) is 1.89. The zero-order valence-electron chi connectivity index (χ0n) is 10.8. The molecule has 0 saturated carbocycles. The van der Waals surface area contributed by atoms with Crippen LogP contribution in [0.2, 0.25) is 0 Å². The van der Waals surface area contributed by atoms with Gasteiger partial charge in [-0.1, -0.05) is 5.16 Å². The number of nitrogens with one attached hydrogen (secondary N) is 1. The molecule has 1 heterocycles. The molecular formula is C12H18N2O4. The van der Waals surface area contributed by atoms with Crippen LogP contribution in [-0.2, 0) is 9.59 Å². The molecule has 100 valence electrons. The average molecular weight is 254 g/mol. The van der Waals surface area contributed by atoms with Crippen LogP contribution in [0.1, 0.15) is 49.2 Å². The first-order valence-electron chi connectivity index (χ1n) is 5.85. The summed E-state index contributed by atoms with van der Waals surface area (Å²) in [6.45, 7) is 5.46. The second-order valence-electron chi connectivity index (χ2n) is 4.27. The summed E-state index contributed by atoms with van der Waals surface area (Å²) in [7, 11) is 0. The van der Waals surface area contributed by atoms with Gasteiger partial charge in [0.2, 0.25) is 5.91 Å². The predicted molar refractivity (Wildman–Crippen MR) is 64.0 cm³/mol. The van der Waals surface area contributed by atoms with Crippen LogP contribution in [0.15, 0.2) is 4.52 Å². The van der Waals surface area contributed by atoms with Gasteiger partial charge in [0.15, 0.2) is 0 Å². The minimum absolute atomic E-state index is 0.00707. The maximum atomic E-state index is 11.6. The van der Waals surface area contributed by atoms with Crippen LogP contribution in [0.5, 0.6) is 0 Å². The van der Waals surface area contributed by atoms with Crippen molar-refractivity contribution in [3.63, 3.8) is 0 Å². The molecule has 0 radical (unpaired) electrons. The van der Waals surface area contributed by atoms with Gasteiger partial charge < -0.3 is 14.9 Å². The molecule has 2 N–H and O–H groups in total.